The Balaban J connectivity index is 1.74. The van der Waals surface area contributed by atoms with Crippen LogP contribution in [0.2, 0.25) is 0 Å². The van der Waals surface area contributed by atoms with Gasteiger partial charge in [0.25, 0.3) is 5.91 Å². The summed E-state index contributed by atoms with van der Waals surface area (Å²) in [5.41, 5.74) is 3.46. The monoisotopic (exact) mass is 475 g/mol. The number of rotatable bonds is 3. The zero-order valence-electron chi connectivity index (χ0n) is 20.8. The number of anilines is 1. The van der Waals surface area contributed by atoms with E-state index in [0.29, 0.717) is 48.0 Å². The number of nitrogens with zero attached hydrogens (tertiary/aromatic N) is 3. The lowest BCUT2D eigenvalue weighted by molar-refractivity contribution is -0.116. The third-order valence-electron chi connectivity index (χ3n) is 6.56. The largest absolute Gasteiger partial charge is 0.496 e. The van der Waals surface area contributed by atoms with Gasteiger partial charge in [-0.05, 0) is 43.5 Å². The molecule has 0 spiro atoms. The van der Waals surface area contributed by atoms with Crippen molar-refractivity contribution in [1.29, 1.82) is 0 Å². The van der Waals surface area contributed by atoms with Gasteiger partial charge in [0.15, 0.2) is 0 Å². The van der Waals surface area contributed by atoms with E-state index in [1.165, 1.54) is 0 Å². The molecule has 1 aromatic heterocycles. The van der Waals surface area contributed by atoms with Crippen LogP contribution in [-0.2, 0) is 11.3 Å². The van der Waals surface area contributed by atoms with E-state index in [4.69, 9.17) is 9.26 Å². The molecule has 0 saturated heterocycles. The quantitative estimate of drug-likeness (QED) is 0.492. The summed E-state index contributed by atoms with van der Waals surface area (Å²) in [5, 5.41) is 4.24. The van der Waals surface area contributed by atoms with Crippen LogP contribution in [0.1, 0.15) is 60.7 Å². The van der Waals surface area contributed by atoms with Crippen LogP contribution in [-0.4, -0.2) is 42.1 Å². The lowest BCUT2D eigenvalue weighted by atomic mass is 10.0. The first-order chi connectivity index (χ1) is 17.0. The van der Waals surface area contributed by atoms with Crippen molar-refractivity contribution in [2.24, 2.45) is 0 Å². The molecule has 7 heteroatoms. The highest BCUT2D eigenvalue weighted by molar-refractivity contribution is 6.01. The fraction of sp³-hybridized carbons (Fsp3) is 0.393. The molecule has 1 aliphatic heterocycles. The summed E-state index contributed by atoms with van der Waals surface area (Å²) in [6.07, 6.45) is 5.06. The normalized spacial score (nSPS) is 15.1. The summed E-state index contributed by atoms with van der Waals surface area (Å²) >= 11 is 0. The predicted molar refractivity (Wildman–Crippen MR) is 136 cm³/mol. The Morgan fingerprint density at radius 3 is 2.40 bits per heavy atom. The van der Waals surface area contributed by atoms with E-state index in [1.807, 2.05) is 58.3 Å². The van der Waals surface area contributed by atoms with Gasteiger partial charge in [0.05, 0.1) is 7.11 Å². The lowest BCUT2D eigenvalue weighted by Gasteiger charge is -2.29. The SMILES string of the molecule is COc1ccccc1-c1noc(C)c1C(=O)N1CCCCCCCN(C(C)=O)c2ccccc2C1. The minimum atomic E-state index is -0.133. The van der Waals surface area contributed by atoms with E-state index in [1.54, 1.807) is 21.0 Å². The van der Waals surface area contributed by atoms with Gasteiger partial charge in [0.2, 0.25) is 5.91 Å². The number of carbonyl (C=O) groups excluding carboxylic acids is 2. The third-order valence-corrected chi connectivity index (χ3v) is 6.56. The number of ether oxygens (including phenoxy) is 1. The summed E-state index contributed by atoms with van der Waals surface area (Å²) in [4.78, 5) is 30.2. The van der Waals surface area contributed by atoms with Crippen molar-refractivity contribution in [2.75, 3.05) is 25.1 Å². The lowest BCUT2D eigenvalue weighted by Crippen LogP contribution is -2.35. The second kappa shape index (κ2) is 11.2. The molecular weight excluding hydrogens is 442 g/mol. The summed E-state index contributed by atoms with van der Waals surface area (Å²) in [6, 6.07) is 15.4. The van der Waals surface area contributed by atoms with Crippen LogP contribution in [0, 0.1) is 6.92 Å². The zero-order valence-corrected chi connectivity index (χ0v) is 20.8. The number of hydrogen-bond donors (Lipinski definition) is 0. The van der Waals surface area contributed by atoms with Crippen molar-refractivity contribution < 1.29 is 18.8 Å². The molecule has 2 heterocycles. The summed E-state index contributed by atoms with van der Waals surface area (Å²) < 4.78 is 11.0. The van der Waals surface area contributed by atoms with Gasteiger partial charge < -0.3 is 19.1 Å². The molecule has 4 rings (SSSR count). The van der Waals surface area contributed by atoms with Gasteiger partial charge in [0.1, 0.15) is 22.8 Å². The molecule has 0 atom stereocenters. The van der Waals surface area contributed by atoms with E-state index in [9.17, 15) is 9.59 Å². The molecule has 7 nitrogen and oxygen atoms in total. The van der Waals surface area contributed by atoms with Crippen molar-refractivity contribution >= 4 is 17.5 Å². The number of aromatic nitrogens is 1. The summed E-state index contributed by atoms with van der Waals surface area (Å²) in [6.45, 7) is 5.06. The first kappa shape index (κ1) is 24.5. The summed E-state index contributed by atoms with van der Waals surface area (Å²) in [5.74, 6) is 0.985. The van der Waals surface area contributed by atoms with Crippen LogP contribution < -0.4 is 9.64 Å². The molecule has 2 amide bonds. The van der Waals surface area contributed by atoms with Crippen molar-refractivity contribution in [3.05, 3.63) is 65.4 Å². The maximum Gasteiger partial charge on any atom is 0.260 e. The molecule has 0 bridgehead atoms. The van der Waals surface area contributed by atoms with Gasteiger partial charge in [-0.3, -0.25) is 9.59 Å². The molecule has 0 fully saturated rings. The van der Waals surface area contributed by atoms with Gasteiger partial charge in [-0.15, -0.1) is 0 Å². The maximum atomic E-state index is 14.0. The Hall–Kier alpha value is -3.61. The van der Waals surface area contributed by atoms with Crippen LogP contribution >= 0.6 is 0 Å². The number of amides is 2. The topological polar surface area (TPSA) is 75.9 Å². The number of hydrogen-bond acceptors (Lipinski definition) is 5. The Labute approximate surface area is 206 Å². The molecule has 0 radical (unpaired) electrons. The second-order valence-electron chi connectivity index (χ2n) is 8.96. The minimum absolute atomic E-state index is 0.0146. The molecule has 0 unspecified atom stereocenters. The van der Waals surface area contributed by atoms with E-state index >= 15 is 0 Å². The maximum absolute atomic E-state index is 14.0. The Morgan fingerprint density at radius 1 is 0.943 bits per heavy atom. The Kier molecular flexibility index (Phi) is 7.85. The highest BCUT2D eigenvalue weighted by atomic mass is 16.5. The highest BCUT2D eigenvalue weighted by Crippen LogP contribution is 2.34. The summed E-state index contributed by atoms with van der Waals surface area (Å²) in [7, 11) is 1.60. The number of aryl methyl sites for hydroxylation is 1. The molecule has 0 N–H and O–H groups in total. The fourth-order valence-corrected chi connectivity index (χ4v) is 4.72. The molecule has 3 aromatic rings. The van der Waals surface area contributed by atoms with Crippen LogP contribution in [0.5, 0.6) is 5.75 Å². The van der Waals surface area contributed by atoms with Gasteiger partial charge in [-0.25, -0.2) is 0 Å². The average molecular weight is 476 g/mol. The van der Waals surface area contributed by atoms with E-state index in [2.05, 4.69) is 5.16 Å². The Bertz CT molecular complexity index is 1190. The standard InChI is InChI=1S/C28H33N3O4/c1-20-26(27(29-35-20)23-14-8-10-16-25(23)34-3)28(33)30-17-11-5-4-6-12-18-31(21(2)32)24-15-9-7-13-22(24)19-30/h7-10,13-16H,4-6,11-12,17-19H2,1-3H3. The average Bonchev–Trinajstić information content (AvgIpc) is 3.24. The van der Waals surface area contributed by atoms with Crippen molar-refractivity contribution in [3.63, 3.8) is 0 Å². The van der Waals surface area contributed by atoms with Crippen LogP contribution in [0.25, 0.3) is 11.3 Å². The molecular formula is C28H33N3O4. The number of methoxy groups -OCH3 is 1. The number of para-hydroxylation sites is 2. The van der Waals surface area contributed by atoms with Crippen molar-refractivity contribution in [3.8, 4) is 17.0 Å². The first-order valence-corrected chi connectivity index (χ1v) is 12.3. The third kappa shape index (κ3) is 5.39. The van der Waals surface area contributed by atoms with Gasteiger partial charge in [0, 0.05) is 37.8 Å². The van der Waals surface area contributed by atoms with Crippen LogP contribution in [0.15, 0.2) is 53.1 Å². The second-order valence-corrected chi connectivity index (χ2v) is 8.96. The predicted octanol–water partition coefficient (Wildman–Crippen LogP) is 5.62. The molecule has 0 saturated carbocycles. The van der Waals surface area contributed by atoms with E-state index in [0.717, 1.165) is 43.4 Å². The molecule has 184 valence electrons. The minimum Gasteiger partial charge on any atom is -0.496 e. The van der Waals surface area contributed by atoms with Crippen molar-refractivity contribution in [1.82, 2.24) is 10.1 Å². The van der Waals surface area contributed by atoms with Crippen molar-refractivity contribution in [2.45, 2.75) is 52.5 Å². The molecule has 0 aliphatic carbocycles. The number of benzene rings is 2. The Morgan fingerprint density at radius 2 is 1.63 bits per heavy atom. The fourth-order valence-electron chi connectivity index (χ4n) is 4.72. The highest BCUT2D eigenvalue weighted by Gasteiger charge is 2.28. The number of carbonyl (C=O) groups is 2. The van der Waals surface area contributed by atoms with E-state index in [-0.39, 0.29) is 11.8 Å². The molecule has 35 heavy (non-hydrogen) atoms. The number of fused-ring (bicyclic) bond motifs is 1. The van der Waals surface area contributed by atoms with Crippen LogP contribution in [0.3, 0.4) is 0 Å². The zero-order chi connectivity index (χ0) is 24.8. The van der Waals surface area contributed by atoms with Gasteiger partial charge in [-0.2, -0.15) is 0 Å². The van der Waals surface area contributed by atoms with Gasteiger partial charge in [-0.1, -0.05) is 54.8 Å². The molecule has 1 aliphatic rings. The van der Waals surface area contributed by atoms with Gasteiger partial charge >= 0.3 is 0 Å². The smallest absolute Gasteiger partial charge is 0.260 e. The van der Waals surface area contributed by atoms with E-state index < -0.39 is 0 Å². The van der Waals surface area contributed by atoms with Crippen LogP contribution in [0.4, 0.5) is 5.69 Å². The molecule has 2 aromatic carbocycles. The first-order valence-electron chi connectivity index (χ1n) is 12.3.